The first kappa shape index (κ1) is 4.84. The Morgan fingerprint density at radius 2 is 1.45 bits per heavy atom. The molecule has 0 atom stereocenters. The third-order valence-electron chi connectivity index (χ3n) is 6.33. The van der Waals surface area contributed by atoms with Gasteiger partial charge in [-0.05, 0) is 29.6 Å². The number of rotatable bonds is 1. The molecule has 0 N–H and O–H groups in total. The summed E-state index contributed by atoms with van der Waals surface area (Å²) < 4.78 is 13.7. The molecule has 0 aromatic rings. The van der Waals surface area contributed by atoms with Crippen molar-refractivity contribution in [1.82, 2.24) is 0 Å². The summed E-state index contributed by atoms with van der Waals surface area (Å²) in [6.07, 6.45) is 1.35. The molecule has 0 nitrogen and oxygen atoms in total. The van der Waals surface area contributed by atoms with E-state index in [2.05, 4.69) is 6.92 Å². The van der Waals surface area contributed by atoms with Gasteiger partial charge >= 0.3 is 0 Å². The van der Waals surface area contributed by atoms with Gasteiger partial charge in [-0.25, -0.2) is 4.39 Å². The van der Waals surface area contributed by atoms with E-state index in [1.807, 2.05) is 0 Å². The maximum absolute atomic E-state index is 13.7. The second-order valence-corrected chi connectivity index (χ2v) is 5.45. The van der Waals surface area contributed by atoms with Crippen molar-refractivity contribution in [1.29, 1.82) is 0 Å². The van der Waals surface area contributed by atoms with Gasteiger partial charge in [-0.15, -0.1) is 0 Å². The van der Waals surface area contributed by atoms with Crippen molar-refractivity contribution in [3.63, 3.8) is 0 Å². The largest absolute Gasteiger partial charge is 0.243 e. The van der Waals surface area contributed by atoms with E-state index in [1.165, 1.54) is 6.42 Å². The zero-order valence-corrected chi connectivity index (χ0v) is 6.55. The summed E-state index contributed by atoms with van der Waals surface area (Å²) in [7, 11) is 0. The molecule has 6 saturated carbocycles. The lowest BCUT2D eigenvalue weighted by atomic mass is 8.95. The van der Waals surface area contributed by atoms with Crippen LogP contribution in [0, 0.1) is 40.9 Å². The third kappa shape index (κ3) is 0.158. The maximum Gasteiger partial charge on any atom is 0.121 e. The van der Waals surface area contributed by atoms with Crippen LogP contribution in [-0.4, -0.2) is 5.67 Å². The molecule has 0 saturated heterocycles. The molecule has 11 heavy (non-hydrogen) atoms. The Balaban J connectivity index is 1.76. The van der Waals surface area contributed by atoms with Gasteiger partial charge in [0.2, 0.25) is 0 Å². The Morgan fingerprint density at radius 3 is 1.82 bits per heavy atom. The monoisotopic (exact) mass is 150 g/mol. The summed E-state index contributed by atoms with van der Waals surface area (Å²) in [5.74, 6) is 4.42. The van der Waals surface area contributed by atoms with Crippen LogP contribution < -0.4 is 0 Å². The van der Waals surface area contributed by atoms with Gasteiger partial charge in [-0.1, -0.05) is 6.92 Å². The molecule has 0 unspecified atom stereocenters. The summed E-state index contributed by atoms with van der Waals surface area (Å²) in [5, 5.41) is 0. The molecular weight excluding hydrogens is 139 g/mol. The number of halogens is 1. The zero-order chi connectivity index (χ0) is 7.17. The van der Waals surface area contributed by atoms with Crippen LogP contribution in [0.15, 0.2) is 0 Å². The highest BCUT2D eigenvalue weighted by Crippen LogP contribution is 3.08. The van der Waals surface area contributed by atoms with Crippen molar-refractivity contribution in [3.8, 4) is 0 Å². The first-order chi connectivity index (χ1) is 5.29. The van der Waals surface area contributed by atoms with Gasteiger partial charge in [-0.2, -0.15) is 0 Å². The normalized spacial score (nSPS) is 95.5. The average Bonchev–Trinajstić information content (AvgIpc) is 2.06. The minimum absolute atomic E-state index is 0.559. The van der Waals surface area contributed by atoms with Gasteiger partial charge in [0.15, 0.2) is 0 Å². The molecule has 58 valence electrons. The van der Waals surface area contributed by atoms with Crippen LogP contribution in [0.2, 0.25) is 0 Å². The van der Waals surface area contributed by atoms with Gasteiger partial charge in [0.1, 0.15) is 5.67 Å². The van der Waals surface area contributed by atoms with Crippen molar-refractivity contribution >= 4 is 0 Å². The lowest BCUT2D eigenvalue weighted by Gasteiger charge is -3.09. The SMILES string of the molecule is CCC12C3C4C1C1C2C3C41F. The summed E-state index contributed by atoms with van der Waals surface area (Å²) in [5.41, 5.74) is 0.185. The summed E-state index contributed by atoms with van der Waals surface area (Å²) in [6.45, 7) is 2.31. The summed E-state index contributed by atoms with van der Waals surface area (Å²) in [6, 6.07) is 0. The fourth-order valence-corrected chi connectivity index (χ4v) is 6.33. The molecule has 0 aromatic heterocycles. The first-order valence-electron chi connectivity index (χ1n) is 4.98. The fourth-order valence-electron chi connectivity index (χ4n) is 6.33. The second kappa shape index (κ2) is 0.828. The minimum atomic E-state index is -0.559. The van der Waals surface area contributed by atoms with Crippen molar-refractivity contribution < 1.29 is 4.39 Å². The average molecular weight is 150 g/mol. The van der Waals surface area contributed by atoms with E-state index in [4.69, 9.17) is 0 Å². The molecular formula is C10H11F. The predicted octanol–water partition coefficient (Wildman–Crippen LogP) is 1.86. The Morgan fingerprint density at radius 1 is 1.00 bits per heavy atom. The van der Waals surface area contributed by atoms with Crippen LogP contribution in [0.5, 0.6) is 0 Å². The quantitative estimate of drug-likeness (QED) is 0.535. The Labute approximate surface area is 65.2 Å². The van der Waals surface area contributed by atoms with Gasteiger partial charge in [-0.3, -0.25) is 0 Å². The molecule has 0 bridgehead atoms. The molecule has 0 radical (unpaired) electrons. The van der Waals surface area contributed by atoms with E-state index in [1.54, 1.807) is 0 Å². The molecule has 0 spiro atoms. The molecule has 6 rings (SSSR count). The Bertz CT molecular complexity index is 252. The molecule has 1 heteroatoms. The molecule has 0 amide bonds. The van der Waals surface area contributed by atoms with E-state index in [9.17, 15) is 4.39 Å². The molecule has 0 heterocycles. The molecule has 0 aliphatic heterocycles. The van der Waals surface area contributed by atoms with Crippen LogP contribution in [0.1, 0.15) is 13.3 Å². The zero-order valence-electron chi connectivity index (χ0n) is 6.55. The van der Waals surface area contributed by atoms with Crippen molar-refractivity contribution in [2.45, 2.75) is 19.0 Å². The van der Waals surface area contributed by atoms with Crippen molar-refractivity contribution in [2.75, 3.05) is 0 Å². The maximum atomic E-state index is 13.7. The molecule has 0 aromatic carbocycles. The minimum Gasteiger partial charge on any atom is -0.243 e. The van der Waals surface area contributed by atoms with Gasteiger partial charge < -0.3 is 0 Å². The lowest BCUT2D eigenvalue weighted by molar-refractivity contribution is -0.648. The van der Waals surface area contributed by atoms with E-state index in [0.717, 1.165) is 23.2 Å². The van der Waals surface area contributed by atoms with E-state index in [0.29, 0.717) is 17.8 Å². The van der Waals surface area contributed by atoms with Crippen LogP contribution in [0.4, 0.5) is 4.39 Å². The topological polar surface area (TPSA) is 0 Å². The van der Waals surface area contributed by atoms with Gasteiger partial charge in [0.05, 0.1) is 0 Å². The predicted molar refractivity (Wildman–Crippen MR) is 37.5 cm³/mol. The Hall–Kier alpha value is -0.0700. The second-order valence-electron chi connectivity index (χ2n) is 5.45. The van der Waals surface area contributed by atoms with E-state index in [-0.39, 0.29) is 0 Å². The standard InChI is InChI=1S/C10H11F/c1-2-9-3-6-4(9)8-5(9)7(3)10(6,8)11/h3-8H,2H2,1H3. The molecule has 6 aliphatic carbocycles. The summed E-state index contributed by atoms with van der Waals surface area (Å²) >= 11 is 0. The molecule has 6 fully saturated rings. The number of hydrogen-bond donors (Lipinski definition) is 0. The molecule has 6 aliphatic rings. The Kier molecular flexibility index (Phi) is 0.364. The highest BCUT2D eigenvalue weighted by molar-refractivity contribution is 5.56. The number of alkyl halides is 1. The van der Waals surface area contributed by atoms with Crippen LogP contribution in [-0.2, 0) is 0 Å². The highest BCUT2D eigenvalue weighted by atomic mass is 19.1. The van der Waals surface area contributed by atoms with Crippen molar-refractivity contribution in [3.05, 3.63) is 0 Å². The smallest absolute Gasteiger partial charge is 0.121 e. The van der Waals surface area contributed by atoms with Crippen molar-refractivity contribution in [2.24, 2.45) is 40.9 Å². The van der Waals surface area contributed by atoms with Gasteiger partial charge in [0, 0.05) is 17.8 Å². The van der Waals surface area contributed by atoms with E-state index < -0.39 is 5.67 Å². The lowest BCUT2D eigenvalue weighted by Crippen LogP contribution is -3.11. The highest BCUT2D eigenvalue weighted by Gasteiger charge is 3.10. The van der Waals surface area contributed by atoms with E-state index >= 15 is 0 Å². The fraction of sp³-hybridized carbons (Fsp3) is 1.00. The van der Waals surface area contributed by atoms with Crippen LogP contribution in [0.3, 0.4) is 0 Å². The first-order valence-corrected chi connectivity index (χ1v) is 4.98. The van der Waals surface area contributed by atoms with Crippen LogP contribution >= 0.6 is 0 Å². The van der Waals surface area contributed by atoms with Gasteiger partial charge in [0.25, 0.3) is 0 Å². The third-order valence-corrected chi connectivity index (χ3v) is 6.33. The number of hydrogen-bond acceptors (Lipinski definition) is 0. The summed E-state index contributed by atoms with van der Waals surface area (Å²) in [4.78, 5) is 0. The van der Waals surface area contributed by atoms with Crippen LogP contribution in [0.25, 0.3) is 0 Å².